The highest BCUT2D eigenvalue weighted by Crippen LogP contribution is 2.28. The zero-order chi connectivity index (χ0) is 15.6. The number of nitro benzene ring substituents is 1. The molecule has 0 aliphatic carbocycles. The van der Waals surface area contributed by atoms with Gasteiger partial charge in [0.2, 0.25) is 0 Å². The molecule has 0 aromatic heterocycles. The average molecular weight is 313 g/mol. The van der Waals surface area contributed by atoms with Gasteiger partial charge in [-0.25, -0.2) is 0 Å². The Balaban J connectivity index is 2.37. The number of rotatable bonds is 3. The molecule has 1 heterocycles. The quantitative estimate of drug-likeness (QED) is 0.635. The Labute approximate surface area is 127 Å². The van der Waals surface area contributed by atoms with E-state index >= 15 is 0 Å². The zero-order valence-electron chi connectivity index (χ0n) is 12.0. The number of halogens is 1. The maximum atomic E-state index is 12.7. The monoisotopic (exact) mass is 312 g/mol. The Morgan fingerprint density at radius 2 is 2.24 bits per heavy atom. The fraction of sp³-hybridized carbons (Fsp3) is 0.500. The summed E-state index contributed by atoms with van der Waals surface area (Å²) in [5.74, 6) is -0.256. The number of hydrogen-bond donors (Lipinski definition) is 0. The minimum absolute atomic E-state index is 0.180. The Kier molecular flexibility index (Phi) is 4.49. The Morgan fingerprint density at radius 1 is 1.52 bits per heavy atom. The fourth-order valence-electron chi connectivity index (χ4n) is 2.39. The van der Waals surface area contributed by atoms with Gasteiger partial charge < -0.3 is 9.64 Å². The van der Waals surface area contributed by atoms with Gasteiger partial charge in [0, 0.05) is 29.3 Å². The van der Waals surface area contributed by atoms with Crippen LogP contribution >= 0.6 is 11.6 Å². The molecular weight excluding hydrogens is 296 g/mol. The van der Waals surface area contributed by atoms with Crippen LogP contribution < -0.4 is 0 Å². The van der Waals surface area contributed by atoms with Crippen LogP contribution in [0.1, 0.15) is 30.6 Å². The minimum atomic E-state index is -0.555. The van der Waals surface area contributed by atoms with Crippen molar-refractivity contribution in [2.24, 2.45) is 0 Å². The van der Waals surface area contributed by atoms with Crippen molar-refractivity contribution in [2.75, 3.05) is 19.8 Å². The van der Waals surface area contributed by atoms with Crippen molar-refractivity contribution in [1.82, 2.24) is 4.90 Å². The molecule has 0 spiro atoms. The predicted octanol–water partition coefficient (Wildman–Crippen LogP) is 2.89. The molecule has 0 saturated carbocycles. The molecule has 1 atom stereocenters. The molecular formula is C14H17ClN2O4. The van der Waals surface area contributed by atoms with Gasteiger partial charge in [-0.2, -0.15) is 0 Å². The number of carbonyl (C=O) groups is 1. The van der Waals surface area contributed by atoms with Gasteiger partial charge in [-0.15, -0.1) is 0 Å². The van der Waals surface area contributed by atoms with Gasteiger partial charge in [0.25, 0.3) is 11.6 Å². The van der Waals surface area contributed by atoms with Crippen LogP contribution in [0.2, 0.25) is 5.02 Å². The van der Waals surface area contributed by atoms with Crippen molar-refractivity contribution in [2.45, 2.75) is 25.8 Å². The standard InChI is InChI=1S/C14H17ClN2O4/c1-3-14(2)9-21-5-4-16(14)13(18)10-6-11(15)8-12(7-10)17(19)20/h6-8H,3-5,9H2,1-2H3/t14-/m1/s1. The number of benzene rings is 1. The molecule has 1 saturated heterocycles. The summed E-state index contributed by atoms with van der Waals surface area (Å²) in [4.78, 5) is 24.7. The summed E-state index contributed by atoms with van der Waals surface area (Å²) < 4.78 is 5.45. The lowest BCUT2D eigenvalue weighted by molar-refractivity contribution is -0.384. The Bertz CT molecular complexity index is 578. The summed E-state index contributed by atoms with van der Waals surface area (Å²) in [6, 6.07) is 3.96. The number of non-ortho nitro benzene ring substituents is 1. The summed E-state index contributed by atoms with van der Waals surface area (Å²) in [7, 11) is 0. The van der Waals surface area contributed by atoms with E-state index in [0.29, 0.717) is 19.8 Å². The second-order valence-corrected chi connectivity index (χ2v) is 5.75. The molecule has 0 N–H and O–H groups in total. The molecule has 1 aliphatic rings. The number of nitro groups is 1. The fourth-order valence-corrected chi connectivity index (χ4v) is 2.62. The third-order valence-corrected chi connectivity index (χ3v) is 4.09. The molecule has 1 aromatic rings. The summed E-state index contributed by atoms with van der Waals surface area (Å²) >= 11 is 5.88. The summed E-state index contributed by atoms with van der Waals surface area (Å²) in [5.41, 5.74) is -0.361. The topological polar surface area (TPSA) is 72.7 Å². The van der Waals surface area contributed by atoms with Crippen molar-refractivity contribution in [3.63, 3.8) is 0 Å². The molecule has 1 amide bonds. The molecule has 0 radical (unpaired) electrons. The first-order valence-corrected chi connectivity index (χ1v) is 7.10. The van der Waals surface area contributed by atoms with E-state index in [1.807, 2.05) is 13.8 Å². The van der Waals surface area contributed by atoms with Crippen LogP contribution in [-0.2, 0) is 4.74 Å². The van der Waals surface area contributed by atoms with Crippen molar-refractivity contribution in [3.8, 4) is 0 Å². The summed E-state index contributed by atoms with van der Waals surface area (Å²) in [6.45, 7) is 5.31. The van der Waals surface area contributed by atoms with E-state index in [9.17, 15) is 14.9 Å². The maximum absolute atomic E-state index is 12.7. The second-order valence-electron chi connectivity index (χ2n) is 5.32. The highest BCUT2D eigenvalue weighted by molar-refractivity contribution is 6.31. The first kappa shape index (κ1) is 15.7. The lowest BCUT2D eigenvalue weighted by atomic mass is 9.95. The Hall–Kier alpha value is -1.66. The predicted molar refractivity (Wildman–Crippen MR) is 78.7 cm³/mol. The lowest BCUT2D eigenvalue weighted by Crippen LogP contribution is -2.57. The molecule has 2 rings (SSSR count). The molecule has 1 fully saturated rings. The van der Waals surface area contributed by atoms with Crippen molar-refractivity contribution < 1.29 is 14.5 Å². The second kappa shape index (κ2) is 5.99. The van der Waals surface area contributed by atoms with Crippen LogP contribution in [-0.4, -0.2) is 41.0 Å². The van der Waals surface area contributed by atoms with E-state index in [-0.39, 0.29) is 22.2 Å². The summed E-state index contributed by atoms with van der Waals surface area (Å²) in [6.07, 6.45) is 0.737. The summed E-state index contributed by atoms with van der Waals surface area (Å²) in [5, 5.41) is 11.1. The van der Waals surface area contributed by atoms with E-state index in [4.69, 9.17) is 16.3 Å². The highest BCUT2D eigenvalue weighted by Gasteiger charge is 2.37. The van der Waals surface area contributed by atoms with Crippen LogP contribution in [0.5, 0.6) is 0 Å². The SMILES string of the molecule is CC[C@]1(C)COCCN1C(=O)c1cc(Cl)cc([N+](=O)[O-])c1. The van der Waals surface area contributed by atoms with Crippen molar-refractivity contribution in [3.05, 3.63) is 38.9 Å². The number of amides is 1. The van der Waals surface area contributed by atoms with Crippen molar-refractivity contribution in [1.29, 1.82) is 0 Å². The van der Waals surface area contributed by atoms with Gasteiger partial charge in [-0.3, -0.25) is 14.9 Å². The van der Waals surface area contributed by atoms with Crippen LogP contribution in [0.25, 0.3) is 0 Å². The molecule has 6 nitrogen and oxygen atoms in total. The van der Waals surface area contributed by atoms with Crippen LogP contribution in [0, 0.1) is 10.1 Å². The highest BCUT2D eigenvalue weighted by atomic mass is 35.5. The Morgan fingerprint density at radius 3 is 2.86 bits per heavy atom. The van der Waals surface area contributed by atoms with Crippen LogP contribution in [0.15, 0.2) is 18.2 Å². The smallest absolute Gasteiger partial charge is 0.271 e. The normalized spacial score (nSPS) is 22.1. The van der Waals surface area contributed by atoms with Gasteiger partial charge in [-0.05, 0) is 19.4 Å². The van der Waals surface area contributed by atoms with Crippen molar-refractivity contribution >= 4 is 23.2 Å². The molecule has 1 aromatic carbocycles. The van der Waals surface area contributed by atoms with E-state index in [1.54, 1.807) is 4.90 Å². The molecule has 1 aliphatic heterocycles. The first-order valence-electron chi connectivity index (χ1n) is 6.72. The zero-order valence-corrected chi connectivity index (χ0v) is 12.7. The number of ether oxygens (including phenoxy) is 1. The number of morpholine rings is 1. The van der Waals surface area contributed by atoms with Gasteiger partial charge in [0.05, 0.1) is 23.7 Å². The third-order valence-electron chi connectivity index (χ3n) is 3.87. The molecule has 114 valence electrons. The number of nitrogens with zero attached hydrogens (tertiary/aromatic N) is 2. The minimum Gasteiger partial charge on any atom is -0.377 e. The molecule has 0 unspecified atom stereocenters. The van der Waals surface area contributed by atoms with E-state index < -0.39 is 10.5 Å². The lowest BCUT2D eigenvalue weighted by Gasteiger charge is -2.44. The van der Waals surface area contributed by atoms with Gasteiger partial charge >= 0.3 is 0 Å². The first-order chi connectivity index (χ1) is 9.87. The molecule has 7 heteroatoms. The number of carbonyl (C=O) groups excluding carboxylic acids is 1. The van der Waals surface area contributed by atoms with Gasteiger partial charge in [0.15, 0.2) is 0 Å². The van der Waals surface area contributed by atoms with E-state index in [2.05, 4.69) is 0 Å². The average Bonchev–Trinajstić information content (AvgIpc) is 2.46. The van der Waals surface area contributed by atoms with Gasteiger partial charge in [0.1, 0.15) is 0 Å². The van der Waals surface area contributed by atoms with Gasteiger partial charge in [-0.1, -0.05) is 18.5 Å². The van der Waals surface area contributed by atoms with E-state index in [1.165, 1.54) is 18.2 Å². The van der Waals surface area contributed by atoms with E-state index in [0.717, 1.165) is 6.42 Å². The molecule has 21 heavy (non-hydrogen) atoms. The van der Waals surface area contributed by atoms with Crippen LogP contribution in [0.3, 0.4) is 0 Å². The maximum Gasteiger partial charge on any atom is 0.271 e. The largest absolute Gasteiger partial charge is 0.377 e. The third kappa shape index (κ3) is 3.16. The molecule has 0 bridgehead atoms. The van der Waals surface area contributed by atoms with Crippen LogP contribution in [0.4, 0.5) is 5.69 Å². The number of hydrogen-bond acceptors (Lipinski definition) is 4.